The zero-order valence-electron chi connectivity index (χ0n) is 13.5. The molecule has 1 aliphatic heterocycles. The van der Waals surface area contributed by atoms with E-state index in [0.29, 0.717) is 13.0 Å². The van der Waals surface area contributed by atoms with E-state index in [-0.39, 0.29) is 12.0 Å². The summed E-state index contributed by atoms with van der Waals surface area (Å²) in [6.45, 7) is 2.09. The average Bonchev–Trinajstić information content (AvgIpc) is 3.07. The molecule has 0 spiro atoms. The van der Waals surface area contributed by atoms with Gasteiger partial charge in [-0.3, -0.25) is 4.79 Å². The Hall–Kier alpha value is -2.07. The highest BCUT2D eigenvalue weighted by molar-refractivity contribution is 5.83. The number of rotatable bonds is 6. The van der Waals surface area contributed by atoms with Gasteiger partial charge in [0.15, 0.2) is 0 Å². The Morgan fingerprint density at radius 2 is 2.04 bits per heavy atom. The van der Waals surface area contributed by atoms with Crippen molar-refractivity contribution in [1.29, 1.82) is 0 Å². The summed E-state index contributed by atoms with van der Waals surface area (Å²) < 4.78 is 11.1. The van der Waals surface area contributed by atoms with Gasteiger partial charge in [0, 0.05) is 26.6 Å². The quantitative estimate of drug-likeness (QED) is 0.769. The predicted octanol–water partition coefficient (Wildman–Crippen LogP) is 3.25. The Labute approximate surface area is 137 Å². The van der Waals surface area contributed by atoms with Crippen molar-refractivity contribution < 1.29 is 14.3 Å². The molecule has 0 aliphatic carbocycles. The summed E-state index contributed by atoms with van der Waals surface area (Å²) >= 11 is 0. The Morgan fingerprint density at radius 1 is 1.22 bits per heavy atom. The van der Waals surface area contributed by atoms with Crippen molar-refractivity contribution in [3.63, 3.8) is 0 Å². The molecule has 2 aromatic rings. The lowest BCUT2D eigenvalue weighted by atomic mass is 10.1. The molecule has 0 radical (unpaired) electrons. The van der Waals surface area contributed by atoms with E-state index in [2.05, 4.69) is 18.2 Å². The van der Waals surface area contributed by atoms with E-state index >= 15 is 0 Å². The third kappa shape index (κ3) is 4.02. The number of benzene rings is 2. The normalized spacial score (nSPS) is 17.6. The molecule has 0 aromatic heterocycles. The molecule has 1 unspecified atom stereocenters. The predicted molar refractivity (Wildman–Crippen MR) is 90.7 cm³/mol. The van der Waals surface area contributed by atoms with Crippen LogP contribution in [0.3, 0.4) is 0 Å². The van der Waals surface area contributed by atoms with Gasteiger partial charge in [0.2, 0.25) is 5.91 Å². The fraction of sp³-hybridized carbons (Fsp3) is 0.421. The van der Waals surface area contributed by atoms with E-state index in [4.69, 9.17) is 9.47 Å². The van der Waals surface area contributed by atoms with Crippen LogP contribution in [0.15, 0.2) is 42.5 Å². The second-order valence-electron chi connectivity index (χ2n) is 5.95. The standard InChI is InChI=1S/C19H23NO3/c1-22-18-10-11-20(14-18)19(21)7-4-12-23-17-9-8-15-5-2-3-6-16(15)13-17/h2-3,5-6,8-9,13,18H,4,7,10-12,14H2,1H3. The van der Waals surface area contributed by atoms with Crippen molar-refractivity contribution in [3.05, 3.63) is 42.5 Å². The first-order valence-electron chi connectivity index (χ1n) is 8.18. The first-order valence-corrected chi connectivity index (χ1v) is 8.18. The van der Waals surface area contributed by atoms with E-state index in [1.807, 2.05) is 29.2 Å². The Morgan fingerprint density at radius 3 is 2.83 bits per heavy atom. The summed E-state index contributed by atoms with van der Waals surface area (Å²) in [7, 11) is 1.70. The highest BCUT2D eigenvalue weighted by atomic mass is 16.5. The lowest BCUT2D eigenvalue weighted by molar-refractivity contribution is -0.130. The lowest BCUT2D eigenvalue weighted by Gasteiger charge is -2.16. The molecule has 2 aromatic carbocycles. The van der Waals surface area contributed by atoms with Gasteiger partial charge < -0.3 is 14.4 Å². The SMILES string of the molecule is COC1CCN(C(=O)CCCOc2ccc3ccccc3c2)C1. The number of amides is 1. The van der Waals surface area contributed by atoms with E-state index in [9.17, 15) is 4.79 Å². The van der Waals surface area contributed by atoms with Crippen LogP contribution in [0.2, 0.25) is 0 Å². The maximum Gasteiger partial charge on any atom is 0.222 e. The van der Waals surface area contributed by atoms with E-state index < -0.39 is 0 Å². The van der Waals surface area contributed by atoms with Crippen molar-refractivity contribution in [3.8, 4) is 5.75 Å². The van der Waals surface area contributed by atoms with Crippen molar-refractivity contribution in [2.75, 3.05) is 26.8 Å². The molecular weight excluding hydrogens is 290 g/mol. The Balaban J connectivity index is 1.43. The minimum Gasteiger partial charge on any atom is -0.494 e. The molecule has 1 heterocycles. The maximum absolute atomic E-state index is 12.1. The monoisotopic (exact) mass is 313 g/mol. The topological polar surface area (TPSA) is 38.8 Å². The van der Waals surface area contributed by atoms with E-state index in [0.717, 1.165) is 31.7 Å². The first-order chi connectivity index (χ1) is 11.3. The minimum atomic E-state index is 0.201. The van der Waals surface area contributed by atoms with Crippen LogP contribution < -0.4 is 4.74 Å². The van der Waals surface area contributed by atoms with Crippen molar-refractivity contribution in [2.45, 2.75) is 25.4 Å². The highest BCUT2D eigenvalue weighted by Crippen LogP contribution is 2.21. The summed E-state index contributed by atoms with van der Waals surface area (Å²) in [4.78, 5) is 14.0. The second-order valence-corrected chi connectivity index (χ2v) is 5.95. The first kappa shape index (κ1) is 15.8. The number of hydrogen-bond acceptors (Lipinski definition) is 3. The fourth-order valence-electron chi connectivity index (χ4n) is 2.98. The van der Waals surface area contributed by atoms with Gasteiger partial charge in [-0.1, -0.05) is 30.3 Å². The van der Waals surface area contributed by atoms with Crippen LogP contribution in [0.5, 0.6) is 5.75 Å². The summed E-state index contributed by atoms with van der Waals surface area (Å²) in [5, 5.41) is 2.38. The number of carbonyl (C=O) groups excluding carboxylic acids is 1. The molecule has 4 nitrogen and oxygen atoms in total. The van der Waals surface area contributed by atoms with Crippen molar-refractivity contribution in [2.24, 2.45) is 0 Å². The largest absolute Gasteiger partial charge is 0.494 e. The summed E-state index contributed by atoms with van der Waals surface area (Å²) in [6.07, 6.45) is 2.41. The molecule has 0 bridgehead atoms. The third-order valence-corrected chi connectivity index (χ3v) is 4.36. The van der Waals surface area contributed by atoms with Crippen LogP contribution in [0.4, 0.5) is 0 Å². The number of ether oxygens (including phenoxy) is 2. The zero-order chi connectivity index (χ0) is 16.1. The Bertz CT molecular complexity index is 670. The third-order valence-electron chi connectivity index (χ3n) is 4.36. The molecule has 1 fully saturated rings. The van der Waals surface area contributed by atoms with Crippen LogP contribution in [-0.4, -0.2) is 43.7 Å². The molecule has 1 atom stereocenters. The highest BCUT2D eigenvalue weighted by Gasteiger charge is 2.25. The summed E-state index contributed by atoms with van der Waals surface area (Å²) in [6, 6.07) is 14.3. The summed E-state index contributed by atoms with van der Waals surface area (Å²) in [5.41, 5.74) is 0. The number of nitrogens with zero attached hydrogens (tertiary/aromatic N) is 1. The zero-order valence-corrected chi connectivity index (χ0v) is 13.5. The molecule has 1 saturated heterocycles. The molecule has 0 N–H and O–H groups in total. The van der Waals surface area contributed by atoms with Crippen LogP contribution in [0.1, 0.15) is 19.3 Å². The molecular formula is C19H23NO3. The second kappa shape index (κ2) is 7.47. The van der Waals surface area contributed by atoms with Gasteiger partial charge in [-0.2, -0.15) is 0 Å². The van der Waals surface area contributed by atoms with Crippen LogP contribution in [-0.2, 0) is 9.53 Å². The molecule has 1 aliphatic rings. The number of fused-ring (bicyclic) bond motifs is 1. The maximum atomic E-state index is 12.1. The van der Waals surface area contributed by atoms with Crippen LogP contribution in [0, 0.1) is 0 Å². The molecule has 3 rings (SSSR count). The fourth-order valence-corrected chi connectivity index (χ4v) is 2.98. The molecule has 0 saturated carbocycles. The molecule has 4 heteroatoms. The van der Waals surface area contributed by atoms with Gasteiger partial charge in [0.25, 0.3) is 0 Å². The molecule has 122 valence electrons. The van der Waals surface area contributed by atoms with Crippen molar-refractivity contribution >= 4 is 16.7 Å². The van der Waals surface area contributed by atoms with Gasteiger partial charge in [-0.25, -0.2) is 0 Å². The van der Waals surface area contributed by atoms with E-state index in [1.54, 1.807) is 7.11 Å². The van der Waals surface area contributed by atoms with Gasteiger partial charge in [-0.15, -0.1) is 0 Å². The number of methoxy groups -OCH3 is 1. The van der Waals surface area contributed by atoms with Gasteiger partial charge in [0.05, 0.1) is 12.7 Å². The lowest BCUT2D eigenvalue weighted by Crippen LogP contribution is -2.30. The molecule has 23 heavy (non-hydrogen) atoms. The smallest absolute Gasteiger partial charge is 0.222 e. The van der Waals surface area contributed by atoms with Crippen LogP contribution in [0.25, 0.3) is 10.8 Å². The molecule has 1 amide bonds. The number of likely N-dealkylation sites (tertiary alicyclic amines) is 1. The number of hydrogen-bond donors (Lipinski definition) is 0. The van der Waals surface area contributed by atoms with E-state index in [1.165, 1.54) is 10.8 Å². The van der Waals surface area contributed by atoms with Crippen molar-refractivity contribution in [1.82, 2.24) is 4.90 Å². The summed E-state index contributed by atoms with van der Waals surface area (Å²) in [5.74, 6) is 1.06. The minimum absolute atomic E-state index is 0.201. The van der Waals surface area contributed by atoms with Gasteiger partial charge in [0.1, 0.15) is 5.75 Å². The average molecular weight is 313 g/mol. The number of carbonyl (C=O) groups is 1. The van der Waals surface area contributed by atoms with Gasteiger partial charge >= 0.3 is 0 Å². The van der Waals surface area contributed by atoms with Crippen LogP contribution >= 0.6 is 0 Å². The van der Waals surface area contributed by atoms with Gasteiger partial charge in [-0.05, 0) is 35.7 Å². The Kier molecular flexibility index (Phi) is 5.13.